The maximum Gasteiger partial charge on any atom is 0.0587 e. The Labute approximate surface area is 127 Å². The van der Waals surface area contributed by atoms with Gasteiger partial charge in [0.05, 0.1) is 13.2 Å². The quantitative estimate of drug-likeness (QED) is 0.685. The van der Waals surface area contributed by atoms with Crippen LogP contribution in [-0.4, -0.2) is 69.6 Å². The zero-order valence-corrected chi connectivity index (χ0v) is 12.9. The first kappa shape index (κ1) is 16.2. The van der Waals surface area contributed by atoms with Gasteiger partial charge in [-0.15, -0.1) is 0 Å². The number of benzene rings is 1. The Morgan fingerprint density at radius 2 is 1.86 bits per heavy atom. The molecule has 5 nitrogen and oxygen atoms in total. The molecule has 0 saturated carbocycles. The fraction of sp³-hybridized carbons (Fsp3) is 0.625. The Balaban J connectivity index is 1.77. The molecule has 2 rings (SSSR count). The molecule has 0 bridgehead atoms. The summed E-state index contributed by atoms with van der Waals surface area (Å²) in [7, 11) is 1.72. The molecule has 0 radical (unpaired) electrons. The number of ether oxygens (including phenoxy) is 1. The van der Waals surface area contributed by atoms with E-state index in [9.17, 15) is 0 Å². The number of methoxy groups -OCH3 is 1. The number of β-amino-alcohol motifs (C(OH)–C–C–N with tert-alkyl or cyclic N) is 1. The number of aliphatic hydroxyl groups excluding tert-OH is 1. The van der Waals surface area contributed by atoms with Gasteiger partial charge in [0.1, 0.15) is 0 Å². The van der Waals surface area contributed by atoms with Gasteiger partial charge in [-0.05, 0) is 17.7 Å². The molecule has 1 saturated heterocycles. The van der Waals surface area contributed by atoms with Crippen molar-refractivity contribution >= 4 is 5.69 Å². The summed E-state index contributed by atoms with van der Waals surface area (Å²) in [4.78, 5) is 4.72. The Kier molecular flexibility index (Phi) is 6.95. The lowest BCUT2D eigenvalue weighted by molar-refractivity contribution is 0.189. The van der Waals surface area contributed by atoms with Gasteiger partial charge in [-0.2, -0.15) is 0 Å². The maximum absolute atomic E-state index is 8.97. The number of piperazine rings is 1. The predicted molar refractivity (Wildman–Crippen MR) is 85.8 cm³/mol. The van der Waals surface area contributed by atoms with Gasteiger partial charge >= 0.3 is 0 Å². The Morgan fingerprint density at radius 3 is 2.48 bits per heavy atom. The molecule has 5 heteroatoms. The lowest BCUT2D eigenvalue weighted by Crippen LogP contribution is -2.47. The molecule has 118 valence electrons. The fourth-order valence-corrected chi connectivity index (χ4v) is 2.60. The second-order valence-corrected chi connectivity index (χ2v) is 5.39. The van der Waals surface area contributed by atoms with Crippen molar-refractivity contribution in [2.24, 2.45) is 0 Å². The number of hydrogen-bond acceptors (Lipinski definition) is 5. The van der Waals surface area contributed by atoms with Gasteiger partial charge in [-0.25, -0.2) is 0 Å². The van der Waals surface area contributed by atoms with E-state index in [1.807, 2.05) is 0 Å². The topological polar surface area (TPSA) is 48.0 Å². The van der Waals surface area contributed by atoms with Gasteiger partial charge in [0, 0.05) is 58.6 Å². The zero-order chi connectivity index (χ0) is 14.9. The minimum atomic E-state index is 0.255. The minimum Gasteiger partial charge on any atom is -0.395 e. The third-order valence-corrected chi connectivity index (χ3v) is 3.90. The van der Waals surface area contributed by atoms with Crippen molar-refractivity contribution in [1.29, 1.82) is 0 Å². The largest absolute Gasteiger partial charge is 0.395 e. The molecule has 0 aromatic heterocycles. The predicted octanol–water partition coefficient (Wildman–Crippen LogP) is 0.537. The fourth-order valence-electron chi connectivity index (χ4n) is 2.60. The normalized spacial score (nSPS) is 16.4. The summed E-state index contributed by atoms with van der Waals surface area (Å²) in [5, 5.41) is 12.3. The summed E-state index contributed by atoms with van der Waals surface area (Å²) in [6, 6.07) is 8.79. The molecule has 1 fully saturated rings. The molecule has 0 spiro atoms. The van der Waals surface area contributed by atoms with Crippen LogP contribution in [0.5, 0.6) is 0 Å². The van der Waals surface area contributed by atoms with E-state index in [1.165, 1.54) is 11.3 Å². The Bertz CT molecular complexity index is 389. The SMILES string of the molecule is COCCNCc1ccc(N2CCN(CCO)CC2)cc1. The third-order valence-electron chi connectivity index (χ3n) is 3.90. The molecule has 1 aliphatic heterocycles. The molecule has 0 aliphatic carbocycles. The van der Waals surface area contributed by atoms with Crippen molar-refractivity contribution in [3.8, 4) is 0 Å². The van der Waals surface area contributed by atoms with E-state index in [-0.39, 0.29) is 6.61 Å². The molecular weight excluding hydrogens is 266 g/mol. The van der Waals surface area contributed by atoms with E-state index in [0.29, 0.717) is 0 Å². The molecule has 1 aromatic rings. The molecular formula is C16H27N3O2. The first-order valence-electron chi connectivity index (χ1n) is 7.70. The minimum absolute atomic E-state index is 0.255. The van der Waals surface area contributed by atoms with Crippen molar-refractivity contribution in [3.05, 3.63) is 29.8 Å². The van der Waals surface area contributed by atoms with Crippen LogP contribution < -0.4 is 10.2 Å². The van der Waals surface area contributed by atoms with Crippen molar-refractivity contribution in [2.75, 3.05) is 64.5 Å². The van der Waals surface area contributed by atoms with Crippen molar-refractivity contribution in [2.45, 2.75) is 6.54 Å². The van der Waals surface area contributed by atoms with E-state index >= 15 is 0 Å². The van der Waals surface area contributed by atoms with E-state index in [4.69, 9.17) is 9.84 Å². The summed E-state index contributed by atoms with van der Waals surface area (Å²) in [5.41, 5.74) is 2.59. The van der Waals surface area contributed by atoms with E-state index in [0.717, 1.165) is 52.4 Å². The summed E-state index contributed by atoms with van der Waals surface area (Å²) in [5.74, 6) is 0. The highest BCUT2D eigenvalue weighted by atomic mass is 16.5. The highest BCUT2D eigenvalue weighted by Crippen LogP contribution is 2.17. The van der Waals surface area contributed by atoms with Crippen molar-refractivity contribution in [1.82, 2.24) is 10.2 Å². The summed E-state index contributed by atoms with van der Waals surface area (Å²) >= 11 is 0. The second kappa shape index (κ2) is 9.00. The van der Waals surface area contributed by atoms with Gasteiger partial charge in [0.2, 0.25) is 0 Å². The highest BCUT2D eigenvalue weighted by Gasteiger charge is 2.16. The van der Waals surface area contributed by atoms with E-state index < -0.39 is 0 Å². The van der Waals surface area contributed by atoms with Crippen LogP contribution in [0.1, 0.15) is 5.56 Å². The summed E-state index contributed by atoms with van der Waals surface area (Å²) in [6.07, 6.45) is 0. The van der Waals surface area contributed by atoms with E-state index in [2.05, 4.69) is 39.4 Å². The molecule has 0 atom stereocenters. The van der Waals surface area contributed by atoms with Gasteiger partial charge in [0.25, 0.3) is 0 Å². The van der Waals surface area contributed by atoms with Crippen LogP contribution in [0.2, 0.25) is 0 Å². The Hall–Kier alpha value is -1.14. The third kappa shape index (κ3) is 5.28. The summed E-state index contributed by atoms with van der Waals surface area (Å²) in [6.45, 7) is 7.68. The number of aliphatic hydroxyl groups is 1. The molecule has 1 heterocycles. The van der Waals surface area contributed by atoms with Crippen LogP contribution in [0, 0.1) is 0 Å². The second-order valence-electron chi connectivity index (χ2n) is 5.39. The molecule has 1 aromatic carbocycles. The van der Waals surface area contributed by atoms with Gasteiger partial charge in [-0.3, -0.25) is 4.90 Å². The van der Waals surface area contributed by atoms with Crippen molar-refractivity contribution < 1.29 is 9.84 Å². The zero-order valence-electron chi connectivity index (χ0n) is 12.9. The molecule has 1 aliphatic rings. The standard InChI is InChI=1S/C16H27N3O2/c1-21-13-6-17-14-15-2-4-16(5-3-15)19-9-7-18(8-10-19)11-12-20/h2-5,17,20H,6-14H2,1H3. The lowest BCUT2D eigenvalue weighted by atomic mass is 10.1. The van der Waals surface area contributed by atoms with Crippen LogP contribution >= 0.6 is 0 Å². The van der Waals surface area contributed by atoms with Gasteiger partial charge < -0.3 is 20.1 Å². The molecule has 0 unspecified atom stereocenters. The highest BCUT2D eigenvalue weighted by molar-refractivity contribution is 5.48. The lowest BCUT2D eigenvalue weighted by Gasteiger charge is -2.35. The monoisotopic (exact) mass is 293 g/mol. The number of rotatable bonds is 8. The van der Waals surface area contributed by atoms with Crippen molar-refractivity contribution in [3.63, 3.8) is 0 Å². The van der Waals surface area contributed by atoms with Crippen LogP contribution in [0.4, 0.5) is 5.69 Å². The summed E-state index contributed by atoms with van der Waals surface area (Å²) < 4.78 is 5.02. The first-order valence-corrected chi connectivity index (χ1v) is 7.70. The smallest absolute Gasteiger partial charge is 0.0587 e. The van der Waals surface area contributed by atoms with Crippen LogP contribution in [0.15, 0.2) is 24.3 Å². The van der Waals surface area contributed by atoms with Gasteiger partial charge in [0.15, 0.2) is 0 Å². The molecule has 2 N–H and O–H groups in total. The average Bonchev–Trinajstić information content (AvgIpc) is 2.53. The van der Waals surface area contributed by atoms with Crippen LogP contribution in [0.25, 0.3) is 0 Å². The number of nitrogens with one attached hydrogen (secondary N) is 1. The molecule has 21 heavy (non-hydrogen) atoms. The van der Waals surface area contributed by atoms with E-state index in [1.54, 1.807) is 7.11 Å². The molecule has 0 amide bonds. The first-order chi connectivity index (χ1) is 10.3. The van der Waals surface area contributed by atoms with Crippen LogP contribution in [0.3, 0.4) is 0 Å². The Morgan fingerprint density at radius 1 is 1.14 bits per heavy atom. The van der Waals surface area contributed by atoms with Gasteiger partial charge in [-0.1, -0.05) is 12.1 Å². The number of hydrogen-bond donors (Lipinski definition) is 2. The number of anilines is 1. The van der Waals surface area contributed by atoms with Crippen LogP contribution in [-0.2, 0) is 11.3 Å². The average molecular weight is 293 g/mol. The number of nitrogens with zero attached hydrogens (tertiary/aromatic N) is 2. The maximum atomic E-state index is 8.97.